The number of aromatic amines is 1. The molecule has 0 spiro atoms. The quantitative estimate of drug-likeness (QED) is 0.770. The lowest BCUT2D eigenvalue weighted by molar-refractivity contribution is 0.768. The largest absolute Gasteiger partial charge is 0.310 e. The van der Waals surface area contributed by atoms with Gasteiger partial charge >= 0.3 is 0 Å². The Hall–Kier alpha value is -1.94. The summed E-state index contributed by atoms with van der Waals surface area (Å²) >= 11 is 1.68. The molecule has 2 aromatic heterocycles. The van der Waals surface area contributed by atoms with Gasteiger partial charge in [-0.15, -0.1) is 11.3 Å². The van der Waals surface area contributed by atoms with E-state index in [0.29, 0.717) is 0 Å². The highest BCUT2D eigenvalue weighted by molar-refractivity contribution is 7.17. The average Bonchev–Trinajstić information content (AvgIpc) is 2.85. The van der Waals surface area contributed by atoms with Crippen molar-refractivity contribution in [2.45, 2.75) is 19.8 Å². The number of H-pyrrole nitrogens is 1. The Morgan fingerprint density at radius 1 is 1.26 bits per heavy atom. The number of fused-ring (bicyclic) bond motifs is 1. The molecule has 1 N–H and O–H groups in total. The lowest BCUT2D eigenvalue weighted by Gasteiger charge is -2.07. The van der Waals surface area contributed by atoms with E-state index in [1.807, 2.05) is 26.0 Å². The molecule has 0 aliphatic rings. The van der Waals surface area contributed by atoms with Crippen molar-refractivity contribution in [1.82, 2.24) is 9.97 Å². The zero-order valence-electron chi connectivity index (χ0n) is 10.8. The summed E-state index contributed by atoms with van der Waals surface area (Å²) in [6, 6.07) is 9.75. The number of nitrogens with zero attached hydrogens (tertiary/aromatic N) is 1. The summed E-state index contributed by atoms with van der Waals surface area (Å²) in [7, 11) is 0. The van der Waals surface area contributed by atoms with Crippen molar-refractivity contribution < 1.29 is 0 Å². The van der Waals surface area contributed by atoms with Crippen molar-refractivity contribution in [2.24, 2.45) is 0 Å². The van der Waals surface area contributed by atoms with Crippen LogP contribution in [-0.2, 0) is 0 Å². The van der Waals surface area contributed by atoms with Gasteiger partial charge in [-0.05, 0) is 16.8 Å². The third kappa shape index (κ3) is 2.19. The SMILES string of the molecule is CC(C)c1nc(-c2cccc3ccsc23)cc(=O)[nH]1. The summed E-state index contributed by atoms with van der Waals surface area (Å²) in [5.74, 6) is 0.936. The van der Waals surface area contributed by atoms with Crippen LogP contribution in [0.4, 0.5) is 0 Å². The fraction of sp³-hybridized carbons (Fsp3) is 0.200. The average molecular weight is 270 g/mol. The van der Waals surface area contributed by atoms with Gasteiger partial charge in [0.05, 0.1) is 5.69 Å². The highest BCUT2D eigenvalue weighted by atomic mass is 32.1. The highest BCUT2D eigenvalue weighted by Gasteiger charge is 2.10. The van der Waals surface area contributed by atoms with Gasteiger partial charge in [0.15, 0.2) is 0 Å². The number of benzene rings is 1. The van der Waals surface area contributed by atoms with Gasteiger partial charge in [0.1, 0.15) is 5.82 Å². The first-order chi connectivity index (χ1) is 9.15. The van der Waals surface area contributed by atoms with Crippen LogP contribution in [0.25, 0.3) is 21.3 Å². The first-order valence-electron chi connectivity index (χ1n) is 6.23. The summed E-state index contributed by atoms with van der Waals surface area (Å²) in [6.45, 7) is 4.04. The van der Waals surface area contributed by atoms with Gasteiger partial charge in [-0.25, -0.2) is 4.98 Å². The molecule has 0 unspecified atom stereocenters. The first kappa shape index (κ1) is 12.1. The second kappa shape index (κ2) is 4.63. The summed E-state index contributed by atoms with van der Waals surface area (Å²) in [5.41, 5.74) is 1.68. The number of aromatic nitrogens is 2. The van der Waals surface area contributed by atoms with Crippen molar-refractivity contribution in [3.05, 3.63) is 51.9 Å². The summed E-state index contributed by atoms with van der Waals surface area (Å²) in [5, 5.41) is 3.25. The second-order valence-electron chi connectivity index (χ2n) is 4.82. The van der Waals surface area contributed by atoms with Gasteiger partial charge in [0.2, 0.25) is 0 Å². The molecule has 0 saturated heterocycles. The fourth-order valence-corrected chi connectivity index (χ4v) is 3.01. The lowest BCUT2D eigenvalue weighted by Crippen LogP contribution is -2.12. The molecule has 0 atom stereocenters. The van der Waals surface area contributed by atoms with Crippen molar-refractivity contribution in [1.29, 1.82) is 0 Å². The Kier molecular flexibility index (Phi) is 2.95. The van der Waals surface area contributed by atoms with Crippen molar-refractivity contribution in [2.75, 3.05) is 0 Å². The highest BCUT2D eigenvalue weighted by Crippen LogP contribution is 2.31. The number of thiophene rings is 1. The molecule has 3 nitrogen and oxygen atoms in total. The van der Waals surface area contributed by atoms with Crippen LogP contribution in [0, 0.1) is 0 Å². The molecule has 96 valence electrons. The van der Waals surface area contributed by atoms with Crippen molar-refractivity contribution in [3.8, 4) is 11.3 Å². The van der Waals surface area contributed by atoms with Crippen LogP contribution >= 0.6 is 11.3 Å². The van der Waals surface area contributed by atoms with E-state index in [-0.39, 0.29) is 11.5 Å². The predicted molar refractivity (Wildman–Crippen MR) is 79.8 cm³/mol. The van der Waals surface area contributed by atoms with Gasteiger partial charge in [-0.1, -0.05) is 32.0 Å². The van der Waals surface area contributed by atoms with Crippen molar-refractivity contribution >= 4 is 21.4 Å². The molecule has 19 heavy (non-hydrogen) atoms. The van der Waals surface area contributed by atoms with Crippen molar-refractivity contribution in [3.63, 3.8) is 0 Å². The molecule has 0 aliphatic heterocycles. The Morgan fingerprint density at radius 2 is 2.11 bits per heavy atom. The maximum Gasteiger partial charge on any atom is 0.251 e. The Morgan fingerprint density at radius 3 is 2.89 bits per heavy atom. The minimum absolute atomic E-state index is 0.0951. The number of rotatable bonds is 2. The Balaban J connectivity index is 2.27. The molecule has 1 aromatic carbocycles. The molecule has 0 bridgehead atoms. The number of hydrogen-bond donors (Lipinski definition) is 1. The van der Waals surface area contributed by atoms with E-state index in [1.54, 1.807) is 17.4 Å². The topological polar surface area (TPSA) is 45.8 Å². The Labute approximate surface area is 115 Å². The first-order valence-corrected chi connectivity index (χ1v) is 7.11. The van der Waals surface area contributed by atoms with Gasteiger partial charge < -0.3 is 4.98 Å². The second-order valence-corrected chi connectivity index (χ2v) is 5.73. The van der Waals surface area contributed by atoms with Gasteiger partial charge in [0, 0.05) is 22.2 Å². The summed E-state index contributed by atoms with van der Waals surface area (Å²) < 4.78 is 1.18. The van der Waals surface area contributed by atoms with E-state index in [9.17, 15) is 4.79 Å². The van der Waals surface area contributed by atoms with Crippen LogP contribution in [0.1, 0.15) is 25.6 Å². The van der Waals surface area contributed by atoms with Crippen LogP contribution in [0.2, 0.25) is 0 Å². The van der Waals surface area contributed by atoms with Crippen LogP contribution in [0.15, 0.2) is 40.5 Å². The molecule has 0 amide bonds. The summed E-state index contributed by atoms with van der Waals surface area (Å²) in [6.07, 6.45) is 0. The third-order valence-corrected chi connectivity index (χ3v) is 4.03. The number of nitrogens with one attached hydrogen (secondary N) is 1. The van der Waals surface area contributed by atoms with E-state index >= 15 is 0 Å². The summed E-state index contributed by atoms with van der Waals surface area (Å²) in [4.78, 5) is 19.2. The minimum Gasteiger partial charge on any atom is -0.310 e. The van der Waals surface area contributed by atoms with E-state index < -0.39 is 0 Å². The predicted octanol–water partition coefficient (Wildman–Crippen LogP) is 3.78. The fourth-order valence-electron chi connectivity index (χ4n) is 2.08. The smallest absolute Gasteiger partial charge is 0.251 e. The molecule has 0 saturated carbocycles. The lowest BCUT2D eigenvalue weighted by atomic mass is 10.1. The molecule has 2 heterocycles. The Bertz CT molecular complexity index is 786. The molecule has 0 aliphatic carbocycles. The monoisotopic (exact) mass is 270 g/mol. The van der Waals surface area contributed by atoms with Crippen LogP contribution in [-0.4, -0.2) is 9.97 Å². The normalized spacial score (nSPS) is 11.3. The molecule has 0 radical (unpaired) electrons. The standard InChI is InChI=1S/C15H14N2OS/c1-9(2)15-16-12(8-13(18)17-15)11-5-3-4-10-6-7-19-14(10)11/h3-9H,1-2H3,(H,16,17,18). The van der Waals surface area contributed by atoms with Gasteiger partial charge in [0.25, 0.3) is 5.56 Å². The van der Waals surface area contributed by atoms with E-state index in [1.165, 1.54) is 10.1 Å². The molecule has 3 rings (SSSR count). The van der Waals surface area contributed by atoms with E-state index in [0.717, 1.165) is 17.1 Å². The maximum absolute atomic E-state index is 11.8. The van der Waals surface area contributed by atoms with E-state index in [2.05, 4.69) is 27.5 Å². The molecule has 4 heteroatoms. The maximum atomic E-state index is 11.8. The van der Waals surface area contributed by atoms with Gasteiger partial charge in [-0.3, -0.25) is 4.79 Å². The van der Waals surface area contributed by atoms with Crippen LogP contribution in [0.3, 0.4) is 0 Å². The molecular weight excluding hydrogens is 256 g/mol. The molecule has 0 fully saturated rings. The molecular formula is C15H14N2OS. The number of hydrogen-bond acceptors (Lipinski definition) is 3. The molecule has 3 aromatic rings. The third-order valence-electron chi connectivity index (χ3n) is 3.06. The zero-order valence-corrected chi connectivity index (χ0v) is 11.6. The minimum atomic E-state index is -0.0951. The van der Waals surface area contributed by atoms with Gasteiger partial charge in [-0.2, -0.15) is 0 Å². The zero-order chi connectivity index (χ0) is 13.4. The van der Waals surface area contributed by atoms with Crippen LogP contribution in [0.5, 0.6) is 0 Å². The van der Waals surface area contributed by atoms with Crippen LogP contribution < -0.4 is 5.56 Å². The van der Waals surface area contributed by atoms with E-state index in [4.69, 9.17) is 0 Å².